The third-order valence-electron chi connectivity index (χ3n) is 14.1. The lowest BCUT2D eigenvalue weighted by molar-refractivity contribution is 0.481. The molecule has 0 saturated heterocycles. The fourth-order valence-corrected chi connectivity index (χ4v) is 9.41. The normalized spacial score (nSPS) is 11.5. The Morgan fingerprint density at radius 3 is 0.731 bits per heavy atom. The van der Waals surface area contributed by atoms with Crippen LogP contribution in [0.5, 0.6) is 23.0 Å². The fraction of sp³-hybridized carbons (Fsp3) is 0.619. The highest BCUT2D eigenvalue weighted by Crippen LogP contribution is 2.35. The highest BCUT2D eigenvalue weighted by atomic mass is 16.5. The second-order valence-electron chi connectivity index (χ2n) is 20.4. The molecule has 0 radical (unpaired) electrons. The Bertz CT molecular complexity index is 1600. The van der Waals surface area contributed by atoms with Gasteiger partial charge in [0.15, 0.2) is 0 Å². The second kappa shape index (κ2) is 36.1. The van der Waals surface area contributed by atoms with Crippen LogP contribution in [0.2, 0.25) is 0 Å². The highest BCUT2D eigenvalue weighted by Gasteiger charge is 2.23. The van der Waals surface area contributed by atoms with E-state index in [9.17, 15) is 0 Å². The highest BCUT2D eigenvalue weighted by molar-refractivity contribution is 5.49. The molecule has 4 nitrogen and oxygen atoms in total. The maximum atomic E-state index is 6.24. The van der Waals surface area contributed by atoms with E-state index in [1.807, 2.05) is 0 Å². The van der Waals surface area contributed by atoms with E-state index in [0.717, 1.165) is 47.5 Å². The lowest BCUT2D eigenvalue weighted by Crippen LogP contribution is -2.18. The molecule has 4 heteroatoms. The lowest BCUT2D eigenvalue weighted by atomic mass is 9.78. The minimum Gasteiger partial charge on any atom is -0.457 e. The summed E-state index contributed by atoms with van der Waals surface area (Å²) in [6.45, 7) is 11.2. The molecule has 67 heavy (non-hydrogen) atoms. The molecule has 4 rings (SSSR count). The molecule has 4 aromatic carbocycles. The number of unbranched alkanes of at least 4 members (excludes halogenated alkanes) is 30. The molecule has 0 aliphatic carbocycles. The van der Waals surface area contributed by atoms with Crippen molar-refractivity contribution in [2.75, 3.05) is 23.7 Å². The van der Waals surface area contributed by atoms with E-state index in [2.05, 4.69) is 135 Å². The summed E-state index contributed by atoms with van der Waals surface area (Å²) in [5.41, 5.74) is 4.62. The molecule has 0 amide bonds. The third-order valence-corrected chi connectivity index (χ3v) is 14.1. The van der Waals surface area contributed by atoms with Gasteiger partial charge in [-0.1, -0.05) is 245 Å². The van der Waals surface area contributed by atoms with Crippen molar-refractivity contribution in [3.05, 3.63) is 108 Å². The zero-order valence-electron chi connectivity index (χ0n) is 43.6. The van der Waals surface area contributed by atoms with Crippen LogP contribution in [0.25, 0.3) is 0 Å². The van der Waals surface area contributed by atoms with Crippen LogP contribution in [-0.2, 0) is 5.41 Å². The largest absolute Gasteiger partial charge is 0.457 e. The summed E-state index contributed by atoms with van der Waals surface area (Å²) in [7, 11) is 0. The van der Waals surface area contributed by atoms with Crippen molar-refractivity contribution in [3.63, 3.8) is 0 Å². The number of hydrogen-bond donors (Lipinski definition) is 2. The van der Waals surface area contributed by atoms with E-state index in [-0.39, 0.29) is 5.41 Å². The first-order valence-electron chi connectivity index (χ1n) is 28.2. The molecule has 0 aliphatic heterocycles. The van der Waals surface area contributed by atoms with Gasteiger partial charge in [0.1, 0.15) is 23.0 Å². The van der Waals surface area contributed by atoms with Gasteiger partial charge < -0.3 is 20.1 Å². The van der Waals surface area contributed by atoms with Crippen LogP contribution in [0, 0.1) is 0 Å². The SMILES string of the molecule is CCCCCCCCCCCCCCCCCCNc1ccc(Oc2ccc(C(C)(C)c3ccc(Oc4ccc(NCCCCCCCCCCCCCCCCCC)cc4)cc3)cc2)cc1. The van der Waals surface area contributed by atoms with Gasteiger partial charge in [-0.3, -0.25) is 0 Å². The molecule has 0 unspecified atom stereocenters. The van der Waals surface area contributed by atoms with Gasteiger partial charge >= 0.3 is 0 Å². The van der Waals surface area contributed by atoms with Gasteiger partial charge in [-0.15, -0.1) is 0 Å². The maximum absolute atomic E-state index is 6.24. The molecular formula is C63H98N2O2. The van der Waals surface area contributed by atoms with E-state index in [4.69, 9.17) is 9.47 Å². The van der Waals surface area contributed by atoms with Gasteiger partial charge in [-0.25, -0.2) is 0 Å². The molecule has 0 aromatic heterocycles. The number of benzene rings is 4. The van der Waals surface area contributed by atoms with Gasteiger partial charge in [0, 0.05) is 29.9 Å². The summed E-state index contributed by atoms with van der Waals surface area (Å²) in [6, 6.07) is 33.8. The number of rotatable bonds is 42. The molecule has 372 valence electrons. The van der Waals surface area contributed by atoms with Gasteiger partial charge in [-0.05, 0) is 96.8 Å². The molecule has 2 N–H and O–H groups in total. The van der Waals surface area contributed by atoms with Crippen LogP contribution in [0.15, 0.2) is 97.1 Å². The molecule has 0 heterocycles. The van der Waals surface area contributed by atoms with Crippen LogP contribution in [0.4, 0.5) is 11.4 Å². The molecule has 0 atom stereocenters. The number of anilines is 2. The number of nitrogens with one attached hydrogen (secondary N) is 2. The van der Waals surface area contributed by atoms with Crippen LogP contribution in [0.1, 0.15) is 244 Å². The molecule has 0 aliphatic rings. The summed E-state index contributed by atoms with van der Waals surface area (Å²) in [4.78, 5) is 0. The van der Waals surface area contributed by atoms with Gasteiger partial charge in [0.25, 0.3) is 0 Å². The Labute approximate surface area is 412 Å². The molecule has 4 aromatic rings. The van der Waals surface area contributed by atoms with E-state index in [1.165, 1.54) is 217 Å². The Morgan fingerprint density at radius 2 is 0.493 bits per heavy atom. The number of hydrogen-bond acceptors (Lipinski definition) is 4. The van der Waals surface area contributed by atoms with Gasteiger partial charge in [0.2, 0.25) is 0 Å². The Hall–Kier alpha value is -3.92. The van der Waals surface area contributed by atoms with Crippen molar-refractivity contribution in [1.82, 2.24) is 0 Å². The monoisotopic (exact) mass is 915 g/mol. The van der Waals surface area contributed by atoms with Crippen molar-refractivity contribution in [1.29, 1.82) is 0 Å². The summed E-state index contributed by atoms with van der Waals surface area (Å²) in [6.07, 6.45) is 44.9. The summed E-state index contributed by atoms with van der Waals surface area (Å²) in [5, 5.41) is 7.20. The van der Waals surface area contributed by atoms with E-state index >= 15 is 0 Å². The Kier molecular flexibility index (Phi) is 30.0. The van der Waals surface area contributed by atoms with Crippen molar-refractivity contribution in [3.8, 4) is 23.0 Å². The fourth-order valence-electron chi connectivity index (χ4n) is 9.41. The average molecular weight is 915 g/mol. The summed E-state index contributed by atoms with van der Waals surface area (Å²) >= 11 is 0. The second-order valence-corrected chi connectivity index (χ2v) is 20.4. The van der Waals surface area contributed by atoms with Crippen molar-refractivity contribution in [2.24, 2.45) is 0 Å². The van der Waals surface area contributed by atoms with E-state index < -0.39 is 0 Å². The molecule has 0 fully saturated rings. The minimum absolute atomic E-state index is 0.170. The predicted molar refractivity (Wildman–Crippen MR) is 294 cm³/mol. The topological polar surface area (TPSA) is 42.5 Å². The van der Waals surface area contributed by atoms with E-state index in [1.54, 1.807) is 0 Å². The van der Waals surface area contributed by atoms with Gasteiger partial charge in [-0.2, -0.15) is 0 Å². The standard InChI is InChI=1S/C63H98N2O2/c1-5-7-9-11-13-15-17-19-21-23-25-27-29-31-33-35-53-64-57-41-49-61(50-42-57)66-59-45-37-55(38-46-59)63(3,4)56-39-47-60(48-40-56)67-62-51-43-58(44-52-62)65-54-36-34-32-30-28-26-24-22-20-18-16-14-12-10-8-6-2/h37-52,64-65H,5-36,53-54H2,1-4H3. The van der Waals surface area contributed by atoms with Crippen LogP contribution < -0.4 is 20.1 Å². The first-order chi connectivity index (χ1) is 33.0. The number of ether oxygens (including phenoxy) is 2. The smallest absolute Gasteiger partial charge is 0.127 e. The first kappa shape index (κ1) is 55.7. The third kappa shape index (κ3) is 25.3. The molecule has 0 saturated carbocycles. The van der Waals surface area contributed by atoms with Crippen molar-refractivity contribution >= 4 is 11.4 Å². The summed E-state index contributed by atoms with van der Waals surface area (Å²) < 4.78 is 12.5. The van der Waals surface area contributed by atoms with Crippen LogP contribution in [0.3, 0.4) is 0 Å². The minimum atomic E-state index is -0.170. The summed E-state index contributed by atoms with van der Waals surface area (Å²) in [5.74, 6) is 3.40. The Balaban J connectivity index is 1.02. The zero-order valence-corrected chi connectivity index (χ0v) is 43.6. The molecule has 0 spiro atoms. The van der Waals surface area contributed by atoms with Crippen molar-refractivity contribution < 1.29 is 9.47 Å². The zero-order chi connectivity index (χ0) is 47.3. The average Bonchev–Trinajstić information content (AvgIpc) is 3.35. The maximum Gasteiger partial charge on any atom is 0.127 e. The molecule has 0 bridgehead atoms. The first-order valence-corrected chi connectivity index (χ1v) is 28.2. The molecular weight excluding hydrogens is 817 g/mol. The van der Waals surface area contributed by atoms with Gasteiger partial charge in [0.05, 0.1) is 0 Å². The van der Waals surface area contributed by atoms with E-state index in [0.29, 0.717) is 0 Å². The van der Waals surface area contributed by atoms with Crippen molar-refractivity contribution in [2.45, 2.75) is 239 Å². The quantitative estimate of drug-likeness (QED) is 0.0435. The Morgan fingerprint density at radius 1 is 0.284 bits per heavy atom. The lowest BCUT2D eigenvalue weighted by Gasteiger charge is -2.26. The van der Waals surface area contributed by atoms with Crippen LogP contribution in [-0.4, -0.2) is 13.1 Å². The van der Waals surface area contributed by atoms with Crippen LogP contribution >= 0.6 is 0 Å². The predicted octanol–water partition coefficient (Wildman–Crippen LogP) is 20.9.